The van der Waals surface area contributed by atoms with E-state index in [4.69, 9.17) is 34.7 Å². The van der Waals surface area contributed by atoms with Gasteiger partial charge in [-0.1, -0.05) is 23.2 Å². The average molecular weight is 309 g/mol. The van der Waals surface area contributed by atoms with Crippen molar-refractivity contribution in [3.8, 4) is 0 Å². The van der Waals surface area contributed by atoms with Crippen LogP contribution in [0.15, 0.2) is 24.3 Å². The molecule has 2 aromatic carbocycles. The summed E-state index contributed by atoms with van der Waals surface area (Å²) in [7, 11) is 0. The quantitative estimate of drug-likeness (QED) is 0.650. The predicted octanol–water partition coefficient (Wildman–Crippen LogP) is 4.01. The van der Waals surface area contributed by atoms with Gasteiger partial charge in [-0.25, -0.2) is 0 Å². The first kappa shape index (κ1) is 14.7. The van der Waals surface area contributed by atoms with E-state index in [9.17, 15) is 4.79 Å². The highest BCUT2D eigenvalue weighted by atomic mass is 35.5. The molecule has 0 fully saturated rings. The molecule has 0 aliphatic rings. The van der Waals surface area contributed by atoms with Crippen LogP contribution >= 0.6 is 23.2 Å². The number of carbonyl (C=O) groups is 1. The number of nitrogens with two attached hydrogens (primary N) is 2. The van der Waals surface area contributed by atoms with Crippen molar-refractivity contribution in [2.45, 2.75) is 13.8 Å². The van der Waals surface area contributed by atoms with Crippen LogP contribution in [-0.2, 0) is 0 Å². The number of hydrogen-bond acceptors (Lipinski definition) is 3. The third-order valence-corrected chi connectivity index (χ3v) is 4.33. The number of benzene rings is 2. The van der Waals surface area contributed by atoms with Gasteiger partial charge in [-0.05, 0) is 49.2 Å². The smallest absolute Gasteiger partial charge is 0.193 e. The Bertz CT molecular complexity index is 652. The van der Waals surface area contributed by atoms with Crippen LogP contribution in [0.3, 0.4) is 0 Å². The highest BCUT2D eigenvalue weighted by molar-refractivity contribution is 6.35. The Morgan fingerprint density at radius 3 is 1.55 bits per heavy atom. The lowest BCUT2D eigenvalue weighted by molar-refractivity contribution is 0.103. The second-order valence-corrected chi connectivity index (χ2v) is 5.37. The number of rotatable bonds is 2. The lowest BCUT2D eigenvalue weighted by Gasteiger charge is -2.12. The lowest BCUT2D eigenvalue weighted by Crippen LogP contribution is -2.08. The zero-order chi connectivity index (χ0) is 15.0. The van der Waals surface area contributed by atoms with Crippen molar-refractivity contribution in [2.24, 2.45) is 0 Å². The van der Waals surface area contributed by atoms with Gasteiger partial charge in [0.1, 0.15) is 0 Å². The molecule has 0 aliphatic carbocycles. The van der Waals surface area contributed by atoms with Crippen LogP contribution in [0.4, 0.5) is 11.4 Å². The topological polar surface area (TPSA) is 69.1 Å². The fraction of sp³-hybridized carbons (Fsp3) is 0.133. The Morgan fingerprint density at radius 2 is 1.20 bits per heavy atom. The molecule has 0 bridgehead atoms. The van der Waals surface area contributed by atoms with Crippen molar-refractivity contribution in [3.63, 3.8) is 0 Å². The number of hydrogen-bond donors (Lipinski definition) is 2. The van der Waals surface area contributed by atoms with Crippen LogP contribution in [0.25, 0.3) is 0 Å². The van der Waals surface area contributed by atoms with Gasteiger partial charge in [0.25, 0.3) is 0 Å². The molecule has 0 spiro atoms. The molecule has 0 saturated heterocycles. The number of anilines is 2. The van der Waals surface area contributed by atoms with E-state index in [0.29, 0.717) is 43.7 Å². The molecule has 0 saturated carbocycles. The molecule has 4 N–H and O–H groups in total. The van der Waals surface area contributed by atoms with Crippen LogP contribution in [0.5, 0.6) is 0 Å². The second-order valence-electron chi connectivity index (χ2n) is 4.61. The van der Waals surface area contributed by atoms with E-state index in [1.165, 1.54) is 0 Å². The summed E-state index contributed by atoms with van der Waals surface area (Å²) < 4.78 is 0. The SMILES string of the molecule is Cc1c(C(=O)c2ccc(N)c(Cl)c2C)ccc(N)c1Cl. The summed E-state index contributed by atoms with van der Waals surface area (Å²) in [5.41, 5.74) is 14.7. The van der Waals surface area contributed by atoms with Gasteiger partial charge in [-0.15, -0.1) is 0 Å². The van der Waals surface area contributed by atoms with Gasteiger partial charge in [0, 0.05) is 11.1 Å². The minimum absolute atomic E-state index is 0.149. The minimum atomic E-state index is -0.149. The van der Waals surface area contributed by atoms with E-state index in [2.05, 4.69) is 0 Å². The molecule has 0 aliphatic heterocycles. The summed E-state index contributed by atoms with van der Waals surface area (Å²) in [4.78, 5) is 12.6. The largest absolute Gasteiger partial charge is 0.398 e. The molecule has 0 aromatic heterocycles. The van der Waals surface area contributed by atoms with E-state index in [1.807, 2.05) is 0 Å². The predicted molar refractivity (Wildman–Crippen MR) is 84.6 cm³/mol. The first-order chi connectivity index (χ1) is 9.34. The summed E-state index contributed by atoms with van der Waals surface area (Å²) in [6.45, 7) is 3.53. The standard InChI is InChI=1S/C15H14Cl2N2O/c1-7-9(3-5-11(18)13(7)16)15(20)10-4-6-12(19)14(17)8(10)2/h3-6H,18-19H2,1-2H3. The van der Waals surface area contributed by atoms with Crippen LogP contribution in [0.2, 0.25) is 10.0 Å². The molecule has 0 atom stereocenters. The van der Waals surface area contributed by atoms with Gasteiger partial charge < -0.3 is 11.5 Å². The third-order valence-electron chi connectivity index (χ3n) is 3.32. The highest BCUT2D eigenvalue weighted by Gasteiger charge is 2.18. The fourth-order valence-corrected chi connectivity index (χ4v) is 2.38. The zero-order valence-electron chi connectivity index (χ0n) is 11.1. The average Bonchev–Trinajstić information content (AvgIpc) is 2.42. The van der Waals surface area contributed by atoms with Gasteiger partial charge >= 0.3 is 0 Å². The Labute approximate surface area is 127 Å². The lowest BCUT2D eigenvalue weighted by atomic mass is 9.95. The highest BCUT2D eigenvalue weighted by Crippen LogP contribution is 2.31. The Balaban J connectivity index is 2.58. The summed E-state index contributed by atoms with van der Waals surface area (Å²) in [5, 5.41) is 0.796. The number of ketones is 1. The van der Waals surface area contributed by atoms with Gasteiger partial charge in [-0.3, -0.25) is 4.79 Å². The van der Waals surface area contributed by atoms with E-state index in [-0.39, 0.29) is 5.78 Å². The summed E-state index contributed by atoms with van der Waals surface area (Å²) in [6.07, 6.45) is 0. The molecule has 2 aromatic rings. The molecule has 104 valence electrons. The molecule has 0 heterocycles. The summed E-state index contributed by atoms with van der Waals surface area (Å²) in [6, 6.07) is 6.58. The van der Waals surface area contributed by atoms with E-state index in [0.717, 1.165) is 0 Å². The maximum absolute atomic E-state index is 12.6. The number of halogens is 2. The van der Waals surface area contributed by atoms with Gasteiger partial charge in [0.05, 0.1) is 21.4 Å². The van der Waals surface area contributed by atoms with E-state index < -0.39 is 0 Å². The van der Waals surface area contributed by atoms with Crippen molar-refractivity contribution < 1.29 is 4.79 Å². The minimum Gasteiger partial charge on any atom is -0.398 e. The fourth-order valence-electron chi connectivity index (χ4n) is 2.05. The molecule has 2 rings (SSSR count). The normalized spacial score (nSPS) is 10.6. The first-order valence-electron chi connectivity index (χ1n) is 5.98. The summed E-state index contributed by atoms with van der Waals surface area (Å²) in [5.74, 6) is -0.149. The van der Waals surface area contributed by atoms with Crippen molar-refractivity contribution in [3.05, 3.63) is 56.6 Å². The van der Waals surface area contributed by atoms with Crippen molar-refractivity contribution in [1.82, 2.24) is 0 Å². The molecular weight excluding hydrogens is 295 g/mol. The second kappa shape index (κ2) is 5.35. The number of carbonyl (C=O) groups excluding carboxylic acids is 1. The molecule has 3 nitrogen and oxygen atoms in total. The maximum atomic E-state index is 12.6. The van der Waals surface area contributed by atoms with Crippen molar-refractivity contribution in [2.75, 3.05) is 11.5 Å². The van der Waals surface area contributed by atoms with Crippen LogP contribution in [0.1, 0.15) is 27.0 Å². The van der Waals surface area contributed by atoms with Crippen LogP contribution in [-0.4, -0.2) is 5.78 Å². The zero-order valence-corrected chi connectivity index (χ0v) is 12.6. The molecule has 0 unspecified atom stereocenters. The maximum Gasteiger partial charge on any atom is 0.193 e. The van der Waals surface area contributed by atoms with Crippen molar-refractivity contribution in [1.29, 1.82) is 0 Å². The summed E-state index contributed by atoms with van der Waals surface area (Å²) >= 11 is 12.2. The van der Waals surface area contributed by atoms with Crippen molar-refractivity contribution >= 4 is 40.4 Å². The molecule has 20 heavy (non-hydrogen) atoms. The van der Waals surface area contributed by atoms with Gasteiger partial charge in [-0.2, -0.15) is 0 Å². The first-order valence-corrected chi connectivity index (χ1v) is 6.74. The Hall–Kier alpha value is -1.71. The van der Waals surface area contributed by atoms with Gasteiger partial charge in [0.15, 0.2) is 5.78 Å². The Kier molecular flexibility index (Phi) is 3.93. The molecule has 0 radical (unpaired) electrons. The van der Waals surface area contributed by atoms with E-state index in [1.54, 1.807) is 38.1 Å². The number of nitrogen functional groups attached to an aromatic ring is 2. The molecular formula is C15H14Cl2N2O. The van der Waals surface area contributed by atoms with Crippen LogP contribution < -0.4 is 11.5 Å². The monoisotopic (exact) mass is 308 g/mol. The van der Waals surface area contributed by atoms with Gasteiger partial charge in [0.2, 0.25) is 0 Å². The van der Waals surface area contributed by atoms with E-state index >= 15 is 0 Å². The Morgan fingerprint density at radius 1 is 0.850 bits per heavy atom. The molecule has 5 heteroatoms. The van der Waals surface area contributed by atoms with Crippen LogP contribution in [0, 0.1) is 13.8 Å². The third kappa shape index (κ3) is 2.35. The molecule has 0 amide bonds.